The number of hydrogen-bond donors (Lipinski definition) is 8. The first-order valence-electron chi connectivity index (χ1n) is 25.4. The largest absolute Gasteiger partial charge is 0.493 e. The van der Waals surface area contributed by atoms with Crippen LogP contribution in [0, 0.1) is 17.9 Å². The van der Waals surface area contributed by atoms with Crippen LogP contribution in [0.1, 0.15) is 83.3 Å². The summed E-state index contributed by atoms with van der Waals surface area (Å²) in [6.45, 7) is 11.8. The number of fused-ring (bicyclic) bond motifs is 1. The fourth-order valence-corrected chi connectivity index (χ4v) is 9.77. The number of aliphatic hydroxyl groups is 1. The molecule has 0 radical (unpaired) electrons. The molecule has 0 saturated heterocycles. The zero-order chi connectivity index (χ0) is 56.7. The van der Waals surface area contributed by atoms with Gasteiger partial charge in [0.15, 0.2) is 5.82 Å². The van der Waals surface area contributed by atoms with Gasteiger partial charge in [-0.25, -0.2) is 28.8 Å². The maximum absolute atomic E-state index is 14.2. The van der Waals surface area contributed by atoms with Crippen molar-refractivity contribution < 1.29 is 60.9 Å². The minimum Gasteiger partial charge on any atom is -0.493 e. The number of nitrogens with zero attached hydrogens (tertiary/aromatic N) is 4. The highest BCUT2D eigenvalue weighted by atomic mass is 31.2. The van der Waals surface area contributed by atoms with Crippen molar-refractivity contribution in [1.82, 2.24) is 40.8 Å². The lowest BCUT2D eigenvalue weighted by Crippen LogP contribution is -2.48. The number of carbonyl (C=O) groups is 4. The summed E-state index contributed by atoms with van der Waals surface area (Å²) in [6.07, 6.45) is 8.95. The number of benzene rings is 3. The predicted molar refractivity (Wildman–Crippen MR) is 294 cm³/mol. The number of terminal acetylenes is 1. The molecule has 23 nitrogen and oxygen atoms in total. The van der Waals surface area contributed by atoms with Crippen molar-refractivity contribution in [3.05, 3.63) is 96.2 Å². The molecular weight excluding hydrogens is 1050 g/mol. The average Bonchev–Trinajstić information content (AvgIpc) is 3.84. The predicted octanol–water partition coefficient (Wildman–Crippen LogP) is 7.28. The topological polar surface area (TPSA) is 299 Å². The lowest BCUT2D eigenvalue weighted by molar-refractivity contribution is -0.158. The van der Waals surface area contributed by atoms with Crippen LogP contribution in [-0.4, -0.2) is 131 Å². The number of hydrogen-bond acceptors (Lipinski definition) is 17. The summed E-state index contributed by atoms with van der Waals surface area (Å²) < 4.78 is 68.6. The Labute approximate surface area is 453 Å². The highest BCUT2D eigenvalue weighted by Gasteiger charge is 2.32. The second kappa shape index (κ2) is 30.4. The molecule has 0 saturated carbocycles. The fraction of sp³-hybridized carbons (Fsp3) is 0.442. The van der Waals surface area contributed by atoms with E-state index in [2.05, 4.69) is 62.2 Å². The normalized spacial score (nSPS) is 13.8. The molecule has 2 heterocycles. The average molecular weight is 1120 g/mol. The third-order valence-electron chi connectivity index (χ3n) is 11.1. The van der Waals surface area contributed by atoms with Crippen LogP contribution >= 0.6 is 15.3 Å². The van der Waals surface area contributed by atoms with E-state index in [-0.39, 0.29) is 44.7 Å². The maximum Gasteiger partial charge on any atom is 0.406 e. The summed E-state index contributed by atoms with van der Waals surface area (Å²) in [5.74, 6) is -0.872. The van der Waals surface area contributed by atoms with E-state index in [0.717, 1.165) is 0 Å². The number of H-pyrrole nitrogens is 1. The van der Waals surface area contributed by atoms with E-state index in [1.54, 1.807) is 39.0 Å². The maximum atomic E-state index is 14.2. The number of anilines is 4. The molecule has 0 aliphatic carbocycles. The molecule has 0 aliphatic rings. The SMILES string of the molecule is C#CP(=O)(Nc1ccc(C(=O)NCCCCCOP(=O)(NC(C)C(=O)NC(C)C(=O)OC(C)(C)C)OCCN(CC)CCCOc2ccc3c(Nc4cc(CC(=O)Nc5cccc(F)c5)[nH]n4)ncnc3c2)cc1)OCCO. The van der Waals surface area contributed by atoms with Crippen molar-refractivity contribution >= 4 is 72.9 Å². The number of aromatic amines is 1. The summed E-state index contributed by atoms with van der Waals surface area (Å²) >= 11 is 0. The summed E-state index contributed by atoms with van der Waals surface area (Å²) in [6, 6.07) is 16.8. The molecule has 4 unspecified atom stereocenters. The molecule has 5 rings (SSSR count). The molecule has 4 atom stereocenters. The molecule has 3 aromatic carbocycles. The molecular formula is C52H70FN11O12P2. The number of ether oxygens (including phenoxy) is 2. The highest BCUT2D eigenvalue weighted by molar-refractivity contribution is 7.65. The lowest BCUT2D eigenvalue weighted by Gasteiger charge is -2.26. The van der Waals surface area contributed by atoms with E-state index in [1.165, 1.54) is 62.6 Å². The van der Waals surface area contributed by atoms with Gasteiger partial charge in [0.2, 0.25) is 11.8 Å². The van der Waals surface area contributed by atoms with Crippen molar-refractivity contribution in [1.29, 1.82) is 0 Å². The van der Waals surface area contributed by atoms with Crippen molar-refractivity contribution in [2.75, 3.05) is 74.9 Å². The van der Waals surface area contributed by atoms with E-state index in [1.807, 2.05) is 19.1 Å². The van der Waals surface area contributed by atoms with Gasteiger partial charge in [-0.3, -0.25) is 33.1 Å². The molecule has 0 fully saturated rings. The quantitative estimate of drug-likeness (QED) is 0.00886. The second-order valence-corrected chi connectivity index (χ2v) is 22.3. The van der Waals surface area contributed by atoms with Gasteiger partial charge in [0.1, 0.15) is 35.4 Å². The molecule has 0 bridgehead atoms. The van der Waals surface area contributed by atoms with Gasteiger partial charge in [-0.15, -0.1) is 6.42 Å². The Hall–Kier alpha value is -6.80. The van der Waals surface area contributed by atoms with E-state index in [4.69, 9.17) is 34.6 Å². The zero-order valence-electron chi connectivity index (χ0n) is 44.6. The van der Waals surface area contributed by atoms with Gasteiger partial charge >= 0.3 is 21.2 Å². The van der Waals surface area contributed by atoms with E-state index < -0.39 is 50.6 Å². The first kappa shape index (κ1) is 62.0. The molecule has 2 aromatic heterocycles. The number of rotatable bonds is 33. The van der Waals surface area contributed by atoms with Crippen molar-refractivity contribution in [3.63, 3.8) is 0 Å². The van der Waals surface area contributed by atoms with Crippen LogP contribution in [0.4, 0.5) is 27.4 Å². The second-order valence-electron chi connectivity index (χ2n) is 18.7. The number of aromatic nitrogens is 4. The van der Waals surface area contributed by atoms with Gasteiger partial charge in [-0.1, -0.05) is 13.0 Å². The molecule has 0 aliphatic heterocycles. The fourth-order valence-electron chi connectivity index (χ4n) is 7.23. The van der Waals surface area contributed by atoms with Crippen LogP contribution in [0.3, 0.4) is 0 Å². The Bertz CT molecular complexity index is 2920. The summed E-state index contributed by atoms with van der Waals surface area (Å²) in [7, 11) is -7.78. The molecule has 5 aromatic rings. The third kappa shape index (κ3) is 21.2. The Balaban J connectivity index is 1.07. The molecule has 78 heavy (non-hydrogen) atoms. The number of esters is 1. The van der Waals surface area contributed by atoms with E-state index in [0.29, 0.717) is 109 Å². The summed E-state index contributed by atoms with van der Waals surface area (Å²) in [4.78, 5) is 62.0. The van der Waals surface area contributed by atoms with Crippen LogP contribution in [0.25, 0.3) is 10.9 Å². The minimum absolute atomic E-state index is 0.0000244. The number of nitrogens with one attached hydrogen (secondary N) is 7. The molecule has 26 heteroatoms. The Morgan fingerprint density at radius 2 is 1.64 bits per heavy atom. The standard InChI is InChI=1S/C52H70FN11O12P2/c1-8-64(24-14-27-72-43-21-22-44-45(34-43)55-35-56-48(44)59-46-32-42(60-61-46)33-47(66)58-41-16-13-15-39(53)31-41)25-29-75-78(71,62-36(3)49(67)57-37(4)51(69)76-52(5,6)7)74-28-12-10-11-23-54-50(68)38-17-19-40(20-18-38)63-77(70,9-2)73-30-26-65/h2,13,15-22,31-32,34-37,65H,8,10-12,14,23-30,33H2,1,3-7H3,(H,54,68)(H,57,67)(H,58,66)(H,62,71)(H,63,70)(H2,55,56,59,60,61). The van der Waals surface area contributed by atoms with Gasteiger partial charge in [0.25, 0.3) is 5.91 Å². The smallest absolute Gasteiger partial charge is 0.406 e. The van der Waals surface area contributed by atoms with E-state index in [9.17, 15) is 32.7 Å². The third-order valence-corrected chi connectivity index (χ3v) is 14.3. The lowest BCUT2D eigenvalue weighted by atomic mass is 10.2. The van der Waals surface area contributed by atoms with E-state index >= 15 is 0 Å². The summed E-state index contributed by atoms with van der Waals surface area (Å²) in [5, 5.41) is 33.3. The Kier molecular flexibility index (Phi) is 24.2. The summed E-state index contributed by atoms with van der Waals surface area (Å²) in [5.41, 5.74) is 3.53. The van der Waals surface area contributed by atoms with Gasteiger partial charge < -0.3 is 50.4 Å². The van der Waals surface area contributed by atoms with Crippen molar-refractivity contribution in [2.24, 2.45) is 0 Å². The molecule has 8 N–H and O–H groups in total. The monoisotopic (exact) mass is 1120 g/mol. The number of carbonyl (C=O) groups excluding carboxylic acids is 4. The number of unbranched alkanes of at least 4 members (excludes halogenated alkanes) is 2. The van der Waals surface area contributed by atoms with Crippen LogP contribution in [0.2, 0.25) is 0 Å². The van der Waals surface area contributed by atoms with Gasteiger partial charge in [-0.2, -0.15) is 5.10 Å². The molecule has 422 valence electrons. The van der Waals surface area contributed by atoms with Gasteiger partial charge in [0.05, 0.1) is 51.0 Å². The number of amides is 3. The van der Waals surface area contributed by atoms with Crippen molar-refractivity contribution in [2.45, 2.75) is 91.3 Å². The van der Waals surface area contributed by atoms with Crippen molar-refractivity contribution in [3.8, 4) is 17.8 Å². The first-order chi connectivity index (χ1) is 37.2. The number of halogens is 1. The van der Waals surface area contributed by atoms with Crippen LogP contribution in [-0.2, 0) is 48.2 Å². The van der Waals surface area contributed by atoms with Gasteiger partial charge in [-0.05, 0) is 121 Å². The van der Waals surface area contributed by atoms with Crippen LogP contribution in [0.5, 0.6) is 5.75 Å². The van der Waals surface area contributed by atoms with Gasteiger partial charge in [0, 0.05) is 65.4 Å². The van der Waals surface area contributed by atoms with Crippen LogP contribution in [0.15, 0.2) is 79.1 Å². The molecule has 3 amide bonds. The first-order valence-corrected chi connectivity index (χ1v) is 28.5. The highest BCUT2D eigenvalue weighted by Crippen LogP contribution is 2.46. The minimum atomic E-state index is -4.11. The Morgan fingerprint density at radius 3 is 2.36 bits per heavy atom. The number of likely N-dealkylation sites (N-methyl/N-ethyl adjacent to an activating group) is 1. The Morgan fingerprint density at radius 1 is 0.872 bits per heavy atom. The molecule has 0 spiro atoms. The van der Waals surface area contributed by atoms with Crippen LogP contribution < -0.4 is 36.2 Å². The number of aliphatic hydroxyl groups excluding tert-OH is 1. The zero-order valence-corrected chi connectivity index (χ0v) is 46.4.